The number of ether oxygens (including phenoxy) is 1. The van der Waals surface area contributed by atoms with E-state index in [-0.39, 0.29) is 11.8 Å². The summed E-state index contributed by atoms with van der Waals surface area (Å²) in [5.41, 5.74) is 0.585. The number of carbonyl (C=O) groups excluding carboxylic acids is 2. The molecule has 0 saturated heterocycles. The molecule has 0 bridgehead atoms. The summed E-state index contributed by atoms with van der Waals surface area (Å²) in [6.45, 7) is 4.01. The molecule has 1 aromatic rings. The molecule has 1 heterocycles. The molecular formula is C15H21BrN2O3. The van der Waals surface area contributed by atoms with Gasteiger partial charge in [-0.25, -0.2) is 4.79 Å². The minimum Gasteiger partial charge on any atom is -0.467 e. The Kier molecular flexibility index (Phi) is 5.08. The van der Waals surface area contributed by atoms with Crippen molar-refractivity contribution in [3.8, 4) is 0 Å². The second-order valence-corrected chi connectivity index (χ2v) is 6.78. The molecule has 1 aromatic heterocycles. The largest absolute Gasteiger partial charge is 0.467 e. The van der Waals surface area contributed by atoms with Gasteiger partial charge in [-0.2, -0.15) is 0 Å². The number of hydrogen-bond donors (Lipinski definition) is 1. The highest BCUT2D eigenvalue weighted by molar-refractivity contribution is 9.10. The molecule has 1 amide bonds. The molecule has 1 aliphatic rings. The molecular weight excluding hydrogens is 336 g/mol. The van der Waals surface area contributed by atoms with Crippen LogP contribution in [0.4, 0.5) is 0 Å². The van der Waals surface area contributed by atoms with Crippen LogP contribution in [-0.4, -0.2) is 29.6 Å². The van der Waals surface area contributed by atoms with Gasteiger partial charge in [0.1, 0.15) is 11.7 Å². The van der Waals surface area contributed by atoms with Crippen molar-refractivity contribution < 1.29 is 14.3 Å². The molecule has 0 spiro atoms. The lowest BCUT2D eigenvalue weighted by Gasteiger charge is -2.18. The lowest BCUT2D eigenvalue weighted by Crippen LogP contribution is -2.43. The van der Waals surface area contributed by atoms with Crippen molar-refractivity contribution in [2.24, 2.45) is 5.92 Å². The molecule has 1 fully saturated rings. The highest BCUT2D eigenvalue weighted by atomic mass is 79.9. The molecule has 6 heteroatoms. The van der Waals surface area contributed by atoms with E-state index in [1.54, 1.807) is 6.07 Å². The zero-order chi connectivity index (χ0) is 15.6. The zero-order valence-electron chi connectivity index (χ0n) is 12.6. The highest BCUT2D eigenvalue weighted by Gasteiger charge is 2.30. The Morgan fingerprint density at radius 1 is 1.48 bits per heavy atom. The van der Waals surface area contributed by atoms with Gasteiger partial charge in [-0.1, -0.05) is 13.8 Å². The average molecular weight is 357 g/mol. The molecule has 5 nitrogen and oxygen atoms in total. The predicted octanol–water partition coefficient (Wildman–Crippen LogP) is 2.90. The lowest BCUT2D eigenvalue weighted by molar-refractivity contribution is -0.143. The number of halogens is 1. The third kappa shape index (κ3) is 4.09. The normalized spacial score (nSPS) is 15.9. The summed E-state index contributed by atoms with van der Waals surface area (Å²) in [5.74, 6) is -0.347. The summed E-state index contributed by atoms with van der Waals surface area (Å²) in [6, 6.07) is 1.58. The maximum Gasteiger partial charge on any atom is 0.328 e. The van der Waals surface area contributed by atoms with Gasteiger partial charge < -0.3 is 14.6 Å². The van der Waals surface area contributed by atoms with Crippen LogP contribution in [0.1, 0.15) is 49.6 Å². The topological polar surface area (TPSA) is 60.3 Å². The smallest absolute Gasteiger partial charge is 0.328 e. The minimum atomic E-state index is -0.608. The highest BCUT2D eigenvalue weighted by Crippen LogP contribution is 2.37. The average Bonchev–Trinajstić information content (AvgIpc) is 3.19. The molecule has 0 radical (unpaired) electrons. The van der Waals surface area contributed by atoms with Gasteiger partial charge in [0, 0.05) is 16.7 Å². The van der Waals surface area contributed by atoms with Gasteiger partial charge >= 0.3 is 5.97 Å². The van der Waals surface area contributed by atoms with Crippen molar-refractivity contribution in [3.63, 3.8) is 0 Å². The van der Waals surface area contributed by atoms with Crippen molar-refractivity contribution in [1.82, 2.24) is 9.88 Å². The van der Waals surface area contributed by atoms with Crippen molar-refractivity contribution in [2.75, 3.05) is 7.11 Å². The predicted molar refractivity (Wildman–Crippen MR) is 83.1 cm³/mol. The minimum absolute atomic E-state index is 0.233. The van der Waals surface area contributed by atoms with Gasteiger partial charge in [0.15, 0.2) is 0 Å². The first-order chi connectivity index (χ1) is 9.92. The molecule has 0 aliphatic heterocycles. The van der Waals surface area contributed by atoms with Gasteiger partial charge in [0.05, 0.1) is 7.11 Å². The number of nitrogens with one attached hydrogen (secondary N) is 1. The summed E-state index contributed by atoms with van der Waals surface area (Å²) < 4.78 is 7.62. The number of amides is 1. The standard InChI is InChI=1S/C15H21BrN2O3/c1-9(2)6-12(15(20)21-3)17-14(19)13-7-10(16)8-18(13)11-4-5-11/h7-9,11-12H,4-6H2,1-3H3,(H,17,19). The first kappa shape index (κ1) is 16.1. The van der Waals surface area contributed by atoms with Crippen LogP contribution in [0.3, 0.4) is 0 Å². The number of methoxy groups -OCH3 is 1. The second kappa shape index (κ2) is 6.64. The fourth-order valence-electron chi connectivity index (χ4n) is 2.34. The molecule has 1 atom stereocenters. The van der Waals surface area contributed by atoms with Crippen molar-refractivity contribution in [3.05, 3.63) is 22.4 Å². The van der Waals surface area contributed by atoms with Crippen LogP contribution in [0.5, 0.6) is 0 Å². The van der Waals surface area contributed by atoms with E-state index in [4.69, 9.17) is 4.74 Å². The number of rotatable bonds is 6. The summed E-state index contributed by atoms with van der Waals surface area (Å²) >= 11 is 3.40. The van der Waals surface area contributed by atoms with Crippen LogP contribution in [0.25, 0.3) is 0 Å². The van der Waals surface area contributed by atoms with Gasteiger partial charge in [0.25, 0.3) is 5.91 Å². The molecule has 1 unspecified atom stereocenters. The Morgan fingerprint density at radius 3 is 2.67 bits per heavy atom. The third-order valence-corrected chi connectivity index (χ3v) is 3.92. The summed E-state index contributed by atoms with van der Waals surface area (Å²) in [4.78, 5) is 24.3. The zero-order valence-corrected chi connectivity index (χ0v) is 14.1. The van der Waals surface area contributed by atoms with Crippen LogP contribution >= 0.6 is 15.9 Å². The lowest BCUT2D eigenvalue weighted by atomic mass is 10.0. The number of carbonyl (C=O) groups is 2. The first-order valence-electron chi connectivity index (χ1n) is 7.18. The maximum atomic E-state index is 12.5. The Hall–Kier alpha value is -1.30. The van der Waals surface area contributed by atoms with E-state index in [1.165, 1.54) is 7.11 Å². The fourth-order valence-corrected chi connectivity index (χ4v) is 2.78. The van der Waals surface area contributed by atoms with Gasteiger partial charge in [-0.3, -0.25) is 4.79 Å². The monoisotopic (exact) mass is 356 g/mol. The molecule has 21 heavy (non-hydrogen) atoms. The van der Waals surface area contributed by atoms with Crippen LogP contribution in [0, 0.1) is 5.92 Å². The molecule has 116 valence electrons. The van der Waals surface area contributed by atoms with Crippen LogP contribution in [0.2, 0.25) is 0 Å². The van der Waals surface area contributed by atoms with Gasteiger partial charge in [-0.05, 0) is 47.2 Å². The molecule has 0 aromatic carbocycles. The first-order valence-corrected chi connectivity index (χ1v) is 7.97. The fraction of sp³-hybridized carbons (Fsp3) is 0.600. The van der Waals surface area contributed by atoms with E-state index in [0.717, 1.165) is 17.3 Å². The van der Waals surface area contributed by atoms with Crippen LogP contribution < -0.4 is 5.32 Å². The summed E-state index contributed by atoms with van der Waals surface area (Å²) in [6.07, 6.45) is 4.66. The Morgan fingerprint density at radius 2 is 2.14 bits per heavy atom. The van der Waals surface area contributed by atoms with E-state index in [1.807, 2.05) is 24.6 Å². The quantitative estimate of drug-likeness (QED) is 0.797. The van der Waals surface area contributed by atoms with E-state index < -0.39 is 12.0 Å². The van der Waals surface area contributed by atoms with Gasteiger partial charge in [0.2, 0.25) is 0 Å². The molecule has 1 aliphatic carbocycles. The number of nitrogens with zero attached hydrogens (tertiary/aromatic N) is 1. The molecule has 2 rings (SSSR count). The van der Waals surface area contributed by atoms with Gasteiger partial charge in [-0.15, -0.1) is 0 Å². The van der Waals surface area contributed by atoms with E-state index in [2.05, 4.69) is 21.2 Å². The Balaban J connectivity index is 2.13. The summed E-state index contributed by atoms with van der Waals surface area (Å²) in [7, 11) is 1.34. The van der Waals surface area contributed by atoms with E-state index in [0.29, 0.717) is 18.2 Å². The van der Waals surface area contributed by atoms with E-state index in [9.17, 15) is 9.59 Å². The number of hydrogen-bond acceptors (Lipinski definition) is 3. The van der Waals surface area contributed by atoms with E-state index >= 15 is 0 Å². The number of aromatic nitrogens is 1. The van der Waals surface area contributed by atoms with Crippen molar-refractivity contribution in [2.45, 2.75) is 45.2 Å². The van der Waals surface area contributed by atoms with Crippen molar-refractivity contribution >= 4 is 27.8 Å². The SMILES string of the molecule is COC(=O)C(CC(C)C)NC(=O)c1cc(Br)cn1C1CC1. The summed E-state index contributed by atoms with van der Waals surface area (Å²) in [5, 5.41) is 2.80. The molecule has 1 saturated carbocycles. The Labute approximate surface area is 133 Å². The second-order valence-electron chi connectivity index (χ2n) is 5.86. The maximum absolute atomic E-state index is 12.5. The van der Waals surface area contributed by atoms with Crippen LogP contribution in [-0.2, 0) is 9.53 Å². The van der Waals surface area contributed by atoms with Crippen molar-refractivity contribution in [1.29, 1.82) is 0 Å². The van der Waals surface area contributed by atoms with Crippen LogP contribution in [0.15, 0.2) is 16.7 Å². The third-order valence-electron chi connectivity index (χ3n) is 3.49. The molecule has 1 N–H and O–H groups in total. The number of esters is 1. The Bertz CT molecular complexity index is 535.